The molecule has 1 aliphatic rings. The second-order valence-corrected chi connectivity index (χ2v) is 10.8. The van der Waals surface area contributed by atoms with Gasteiger partial charge in [-0.1, -0.05) is 36.4 Å². The topological polar surface area (TPSA) is 77.3 Å². The molecule has 0 saturated heterocycles. The summed E-state index contributed by atoms with van der Waals surface area (Å²) < 4.78 is 6.98. The van der Waals surface area contributed by atoms with Crippen LogP contribution in [0.4, 0.5) is 0 Å². The van der Waals surface area contributed by atoms with Gasteiger partial charge in [-0.25, -0.2) is 4.68 Å². The first-order valence-corrected chi connectivity index (χ1v) is 14.2. The van der Waals surface area contributed by atoms with Crippen molar-refractivity contribution in [2.75, 3.05) is 13.7 Å². The Bertz CT molecular complexity index is 1600. The van der Waals surface area contributed by atoms with Crippen molar-refractivity contribution in [1.82, 2.24) is 19.9 Å². The molecule has 0 fully saturated rings. The number of rotatable bonds is 7. The lowest BCUT2D eigenvalue weighted by Gasteiger charge is -2.30. The number of carbonyl (C=O) groups excluding carboxylic acids is 2. The molecule has 3 aromatic carbocycles. The third kappa shape index (κ3) is 5.01. The normalized spacial score (nSPS) is 13.8. The summed E-state index contributed by atoms with van der Waals surface area (Å²) in [6.45, 7) is 12.4. The Labute approximate surface area is 236 Å². The predicted octanol–water partition coefficient (Wildman–Crippen LogP) is 5.83. The maximum Gasteiger partial charge on any atom is 0.306 e. The molecule has 5 rings (SSSR count). The number of methoxy groups -OCH3 is 1. The predicted molar refractivity (Wildman–Crippen MR) is 157 cm³/mol. The molecular weight excluding hydrogens is 500 g/mol. The Balaban J connectivity index is 1.49. The van der Waals surface area contributed by atoms with Crippen molar-refractivity contribution in [2.24, 2.45) is 0 Å². The van der Waals surface area contributed by atoms with Gasteiger partial charge < -0.3 is 9.64 Å². The maximum absolute atomic E-state index is 13.6. The molecule has 1 aliphatic heterocycles. The van der Waals surface area contributed by atoms with E-state index < -0.39 is 0 Å². The molecule has 0 aliphatic carbocycles. The zero-order chi connectivity index (χ0) is 28.6. The van der Waals surface area contributed by atoms with E-state index in [0.717, 1.165) is 63.8 Å². The second-order valence-electron chi connectivity index (χ2n) is 10.8. The zero-order valence-electron chi connectivity index (χ0n) is 24.4. The van der Waals surface area contributed by atoms with Gasteiger partial charge in [-0.15, -0.1) is 5.10 Å². The molecule has 0 N–H and O–H groups in total. The van der Waals surface area contributed by atoms with Gasteiger partial charge in [-0.05, 0) is 103 Å². The van der Waals surface area contributed by atoms with Crippen LogP contribution in [0, 0.1) is 20.8 Å². The zero-order valence-corrected chi connectivity index (χ0v) is 24.4. The molecule has 1 aromatic heterocycles. The summed E-state index contributed by atoms with van der Waals surface area (Å²) in [6.07, 6.45) is 1.93. The molecule has 1 amide bonds. The molecule has 0 bridgehead atoms. The highest BCUT2D eigenvalue weighted by molar-refractivity contribution is 5.95. The van der Waals surface area contributed by atoms with Crippen molar-refractivity contribution in [3.8, 4) is 0 Å². The molecule has 40 heavy (non-hydrogen) atoms. The van der Waals surface area contributed by atoms with E-state index in [2.05, 4.69) is 61.4 Å². The average Bonchev–Trinajstić information content (AvgIpc) is 3.40. The number of aromatic nitrogens is 3. The standard InChI is InChI=1S/C33H38N4O3/c1-7-23-16-26(15-20(3)21(23)4)33(39)36-14-13-24-9-10-25(17-27(24)19-36)29(18-31(38)40-6)28-11-12-30-32(22(28)5)34-35-37(30)8-2/h9-12,15-17,29H,7-8,13-14,18-19H2,1-6H3. The van der Waals surface area contributed by atoms with Crippen molar-refractivity contribution in [3.05, 3.63) is 92.5 Å². The van der Waals surface area contributed by atoms with Gasteiger partial charge in [0, 0.05) is 31.1 Å². The summed E-state index contributed by atoms with van der Waals surface area (Å²) in [7, 11) is 1.43. The van der Waals surface area contributed by atoms with Gasteiger partial charge in [0.1, 0.15) is 5.52 Å². The number of esters is 1. The van der Waals surface area contributed by atoms with Crippen LogP contribution in [0.5, 0.6) is 0 Å². The molecule has 7 heteroatoms. The van der Waals surface area contributed by atoms with Crippen LogP contribution in [-0.4, -0.2) is 45.4 Å². The fourth-order valence-corrected chi connectivity index (χ4v) is 6.02. The number of fused-ring (bicyclic) bond motifs is 2. The highest BCUT2D eigenvalue weighted by Crippen LogP contribution is 2.35. The van der Waals surface area contributed by atoms with Crippen LogP contribution < -0.4 is 0 Å². The van der Waals surface area contributed by atoms with E-state index in [1.807, 2.05) is 35.6 Å². The minimum atomic E-state index is -0.266. The third-order valence-corrected chi connectivity index (χ3v) is 8.59. The molecule has 0 saturated carbocycles. The lowest BCUT2D eigenvalue weighted by atomic mass is 9.83. The molecule has 4 aromatic rings. The minimum Gasteiger partial charge on any atom is -0.469 e. The molecule has 1 unspecified atom stereocenters. The summed E-state index contributed by atoms with van der Waals surface area (Å²) in [4.78, 5) is 28.1. The number of carbonyl (C=O) groups is 2. The number of nitrogens with zero attached hydrogens (tertiary/aromatic N) is 4. The van der Waals surface area contributed by atoms with Gasteiger partial charge in [0.2, 0.25) is 0 Å². The largest absolute Gasteiger partial charge is 0.469 e. The van der Waals surface area contributed by atoms with E-state index in [4.69, 9.17) is 4.74 Å². The quantitative estimate of drug-likeness (QED) is 0.277. The highest BCUT2D eigenvalue weighted by Gasteiger charge is 2.27. The van der Waals surface area contributed by atoms with E-state index in [1.54, 1.807) is 0 Å². The molecule has 1 atom stereocenters. The van der Waals surface area contributed by atoms with Gasteiger partial charge >= 0.3 is 5.97 Å². The first-order chi connectivity index (χ1) is 19.2. The number of hydrogen-bond acceptors (Lipinski definition) is 5. The van der Waals surface area contributed by atoms with E-state index >= 15 is 0 Å². The molecular formula is C33H38N4O3. The van der Waals surface area contributed by atoms with Gasteiger partial charge in [-0.2, -0.15) is 0 Å². The van der Waals surface area contributed by atoms with E-state index in [-0.39, 0.29) is 24.2 Å². The highest BCUT2D eigenvalue weighted by atomic mass is 16.5. The smallest absolute Gasteiger partial charge is 0.306 e. The first kappa shape index (κ1) is 27.6. The van der Waals surface area contributed by atoms with Crippen molar-refractivity contribution in [2.45, 2.75) is 72.9 Å². The van der Waals surface area contributed by atoms with Gasteiger partial charge in [-0.3, -0.25) is 9.59 Å². The van der Waals surface area contributed by atoms with Crippen molar-refractivity contribution in [3.63, 3.8) is 0 Å². The van der Waals surface area contributed by atoms with Gasteiger partial charge in [0.05, 0.1) is 19.0 Å². The van der Waals surface area contributed by atoms with Crippen LogP contribution in [0.25, 0.3) is 11.0 Å². The summed E-state index contributed by atoms with van der Waals surface area (Å²) in [6, 6.07) is 14.6. The molecule has 208 valence electrons. The van der Waals surface area contributed by atoms with Crippen LogP contribution >= 0.6 is 0 Å². The van der Waals surface area contributed by atoms with E-state index in [0.29, 0.717) is 13.1 Å². The monoisotopic (exact) mass is 538 g/mol. The van der Waals surface area contributed by atoms with Crippen LogP contribution in [-0.2, 0) is 35.5 Å². The minimum absolute atomic E-state index is 0.0697. The Kier molecular flexibility index (Phi) is 7.74. The Hall–Kier alpha value is -4.00. The summed E-state index contributed by atoms with van der Waals surface area (Å²) in [5, 5.41) is 8.72. The average molecular weight is 539 g/mol. The maximum atomic E-state index is 13.6. The van der Waals surface area contributed by atoms with Crippen LogP contribution in [0.15, 0.2) is 42.5 Å². The number of hydrogen-bond donors (Lipinski definition) is 0. The van der Waals surface area contributed by atoms with Gasteiger partial charge in [0.25, 0.3) is 5.91 Å². The number of ether oxygens (including phenoxy) is 1. The SMILES string of the molecule is CCc1cc(C(=O)N2CCc3ccc(C(CC(=O)OC)c4ccc5c(nnn5CC)c4C)cc3C2)cc(C)c1C. The van der Waals surface area contributed by atoms with Crippen LogP contribution in [0.3, 0.4) is 0 Å². The fraction of sp³-hybridized carbons (Fsp3) is 0.394. The van der Waals surface area contributed by atoms with Crippen molar-refractivity contribution >= 4 is 22.9 Å². The number of amides is 1. The molecule has 0 spiro atoms. The van der Waals surface area contributed by atoms with Crippen molar-refractivity contribution < 1.29 is 14.3 Å². The lowest BCUT2D eigenvalue weighted by molar-refractivity contribution is -0.140. The second kappa shape index (κ2) is 11.2. The fourth-order valence-electron chi connectivity index (χ4n) is 6.02. The van der Waals surface area contributed by atoms with Gasteiger partial charge in [0.15, 0.2) is 0 Å². The summed E-state index contributed by atoms with van der Waals surface area (Å²) in [5.41, 5.74) is 11.7. The molecule has 2 heterocycles. The number of benzene rings is 3. The Morgan fingerprint density at radius 1 is 1.00 bits per heavy atom. The van der Waals surface area contributed by atoms with E-state index in [9.17, 15) is 9.59 Å². The number of aryl methyl sites for hydroxylation is 4. The van der Waals surface area contributed by atoms with Crippen LogP contribution in [0.1, 0.15) is 81.1 Å². The molecule has 0 radical (unpaired) electrons. The van der Waals surface area contributed by atoms with Crippen LogP contribution in [0.2, 0.25) is 0 Å². The van der Waals surface area contributed by atoms with E-state index in [1.165, 1.54) is 23.8 Å². The third-order valence-electron chi connectivity index (χ3n) is 8.59. The summed E-state index contributed by atoms with van der Waals surface area (Å²) in [5.74, 6) is -0.398. The first-order valence-electron chi connectivity index (χ1n) is 14.2. The molecule has 7 nitrogen and oxygen atoms in total. The lowest BCUT2D eigenvalue weighted by Crippen LogP contribution is -2.36. The summed E-state index contributed by atoms with van der Waals surface area (Å²) >= 11 is 0. The Morgan fingerprint density at radius 3 is 2.52 bits per heavy atom. The van der Waals surface area contributed by atoms with Crippen molar-refractivity contribution in [1.29, 1.82) is 0 Å². The Morgan fingerprint density at radius 2 is 1.80 bits per heavy atom.